The van der Waals surface area contributed by atoms with Gasteiger partial charge in [0.2, 0.25) is 10.0 Å². The molecule has 0 heterocycles. The molecule has 0 unspecified atom stereocenters. The fourth-order valence-electron chi connectivity index (χ4n) is 2.16. The molecule has 0 aliphatic heterocycles. The molecule has 1 aromatic carbocycles. The maximum absolute atomic E-state index is 13.5. The highest BCUT2D eigenvalue weighted by Gasteiger charge is 2.28. The zero-order valence-electron chi connectivity index (χ0n) is 13.1. The third-order valence-corrected chi connectivity index (χ3v) is 4.92. The lowest BCUT2D eigenvalue weighted by molar-refractivity contribution is 0.333. The highest BCUT2D eigenvalue weighted by atomic mass is 32.2. The van der Waals surface area contributed by atoms with E-state index in [0.29, 0.717) is 18.7 Å². The molecule has 0 aliphatic carbocycles. The maximum atomic E-state index is 13.5. The maximum Gasteiger partial charge on any atom is 0.243 e. The molecule has 0 spiro atoms. The van der Waals surface area contributed by atoms with Crippen LogP contribution in [0, 0.1) is 17.7 Å². The average molecular weight is 316 g/mol. The van der Waals surface area contributed by atoms with E-state index in [1.165, 1.54) is 16.4 Å². The second-order valence-corrected chi connectivity index (χ2v) is 7.97. The number of nitrogens with zero attached hydrogens (tertiary/aromatic N) is 1. The van der Waals surface area contributed by atoms with E-state index in [1.807, 2.05) is 27.7 Å². The van der Waals surface area contributed by atoms with Crippen molar-refractivity contribution in [2.24, 2.45) is 17.6 Å². The van der Waals surface area contributed by atoms with Crippen LogP contribution in [0.3, 0.4) is 0 Å². The number of hydrogen-bond donors (Lipinski definition) is 1. The largest absolute Gasteiger partial charge is 0.326 e. The van der Waals surface area contributed by atoms with Crippen molar-refractivity contribution in [3.05, 3.63) is 29.6 Å². The predicted octanol–water partition coefficient (Wildman–Crippen LogP) is 2.59. The Morgan fingerprint density at radius 2 is 1.67 bits per heavy atom. The van der Waals surface area contributed by atoms with Crippen LogP contribution in [-0.4, -0.2) is 25.8 Å². The number of hydrogen-bond acceptors (Lipinski definition) is 3. The van der Waals surface area contributed by atoms with Crippen molar-refractivity contribution in [2.45, 2.75) is 39.1 Å². The third kappa shape index (κ3) is 4.76. The first-order valence-electron chi connectivity index (χ1n) is 7.17. The number of sulfonamides is 1. The summed E-state index contributed by atoms with van der Waals surface area (Å²) in [6.45, 7) is 8.70. The smallest absolute Gasteiger partial charge is 0.243 e. The van der Waals surface area contributed by atoms with Gasteiger partial charge in [-0.1, -0.05) is 33.8 Å². The van der Waals surface area contributed by atoms with Gasteiger partial charge in [-0.2, -0.15) is 4.31 Å². The zero-order valence-corrected chi connectivity index (χ0v) is 14.0. The van der Waals surface area contributed by atoms with E-state index in [4.69, 9.17) is 5.73 Å². The quantitative estimate of drug-likeness (QED) is 0.841. The highest BCUT2D eigenvalue weighted by Crippen LogP contribution is 2.23. The molecule has 0 fully saturated rings. The SMILES string of the molecule is CC(C)CN(CC(C)C)S(=O)(=O)c1cc(F)ccc1CN. The highest BCUT2D eigenvalue weighted by molar-refractivity contribution is 7.89. The minimum Gasteiger partial charge on any atom is -0.326 e. The molecule has 4 nitrogen and oxygen atoms in total. The van der Waals surface area contributed by atoms with E-state index >= 15 is 0 Å². The van der Waals surface area contributed by atoms with Gasteiger partial charge in [-0.05, 0) is 29.5 Å². The van der Waals surface area contributed by atoms with Gasteiger partial charge in [-0.15, -0.1) is 0 Å². The summed E-state index contributed by atoms with van der Waals surface area (Å²) in [6, 6.07) is 3.73. The Bertz CT molecular complexity index is 561. The molecule has 1 rings (SSSR count). The summed E-state index contributed by atoms with van der Waals surface area (Å²) in [6.07, 6.45) is 0. The molecule has 0 atom stereocenters. The second-order valence-electron chi connectivity index (χ2n) is 6.07. The molecule has 2 N–H and O–H groups in total. The van der Waals surface area contributed by atoms with Gasteiger partial charge in [-0.3, -0.25) is 0 Å². The molecule has 0 amide bonds. The van der Waals surface area contributed by atoms with Gasteiger partial charge in [-0.25, -0.2) is 12.8 Å². The van der Waals surface area contributed by atoms with E-state index < -0.39 is 15.8 Å². The Balaban J connectivity index is 3.30. The summed E-state index contributed by atoms with van der Waals surface area (Å²) in [4.78, 5) is -0.0219. The minimum absolute atomic E-state index is 0.0219. The molecule has 0 bridgehead atoms. The standard InChI is InChI=1S/C15H25FN2O2S/c1-11(2)9-18(10-12(3)4)21(19,20)15-7-14(16)6-5-13(15)8-17/h5-7,11-12H,8-10,17H2,1-4H3. The van der Waals surface area contributed by atoms with Crippen molar-refractivity contribution in [3.8, 4) is 0 Å². The first kappa shape index (κ1) is 18.1. The average Bonchev–Trinajstić information content (AvgIpc) is 2.36. The Morgan fingerprint density at radius 1 is 1.14 bits per heavy atom. The molecule has 0 radical (unpaired) electrons. The fraction of sp³-hybridized carbons (Fsp3) is 0.600. The van der Waals surface area contributed by atoms with Gasteiger partial charge in [0.05, 0.1) is 4.90 Å². The van der Waals surface area contributed by atoms with Crippen molar-refractivity contribution >= 4 is 10.0 Å². The summed E-state index contributed by atoms with van der Waals surface area (Å²) in [5.74, 6) is -0.193. The molecule has 0 aromatic heterocycles. The van der Waals surface area contributed by atoms with Crippen molar-refractivity contribution in [1.82, 2.24) is 4.31 Å². The summed E-state index contributed by atoms with van der Waals surface area (Å²) >= 11 is 0. The number of halogens is 1. The van der Waals surface area contributed by atoms with E-state index in [-0.39, 0.29) is 23.3 Å². The molecular formula is C15H25FN2O2S. The van der Waals surface area contributed by atoms with E-state index in [2.05, 4.69) is 0 Å². The lowest BCUT2D eigenvalue weighted by Crippen LogP contribution is -2.37. The Labute approximate surface area is 127 Å². The van der Waals surface area contributed by atoms with Crippen LogP contribution in [0.25, 0.3) is 0 Å². The molecular weight excluding hydrogens is 291 g/mol. The Hall–Kier alpha value is -0.980. The summed E-state index contributed by atoms with van der Waals surface area (Å²) in [5, 5.41) is 0. The van der Waals surface area contributed by atoms with Crippen LogP contribution in [0.5, 0.6) is 0 Å². The van der Waals surface area contributed by atoms with Gasteiger partial charge in [0.25, 0.3) is 0 Å². The first-order valence-corrected chi connectivity index (χ1v) is 8.61. The van der Waals surface area contributed by atoms with Crippen LogP contribution in [0.15, 0.2) is 23.1 Å². The van der Waals surface area contributed by atoms with Gasteiger partial charge >= 0.3 is 0 Å². The summed E-state index contributed by atoms with van der Waals surface area (Å²) in [7, 11) is -3.74. The van der Waals surface area contributed by atoms with Crippen LogP contribution < -0.4 is 5.73 Å². The first-order chi connectivity index (χ1) is 9.68. The van der Waals surface area contributed by atoms with Crippen LogP contribution in [0.4, 0.5) is 4.39 Å². The van der Waals surface area contributed by atoms with Crippen LogP contribution in [0.1, 0.15) is 33.3 Å². The van der Waals surface area contributed by atoms with Crippen molar-refractivity contribution < 1.29 is 12.8 Å². The van der Waals surface area contributed by atoms with Gasteiger partial charge in [0.1, 0.15) is 5.82 Å². The third-order valence-electron chi connectivity index (χ3n) is 3.00. The van der Waals surface area contributed by atoms with Crippen molar-refractivity contribution in [2.75, 3.05) is 13.1 Å². The summed E-state index contributed by atoms with van der Waals surface area (Å²) in [5.41, 5.74) is 6.03. The number of benzene rings is 1. The van der Waals surface area contributed by atoms with Crippen LogP contribution in [-0.2, 0) is 16.6 Å². The van der Waals surface area contributed by atoms with Crippen LogP contribution in [0.2, 0.25) is 0 Å². The Morgan fingerprint density at radius 3 is 2.10 bits per heavy atom. The Kier molecular flexibility index (Phi) is 6.31. The second kappa shape index (κ2) is 7.33. The number of rotatable bonds is 7. The summed E-state index contributed by atoms with van der Waals surface area (Å²) < 4.78 is 40.6. The van der Waals surface area contributed by atoms with E-state index in [0.717, 1.165) is 6.07 Å². The van der Waals surface area contributed by atoms with E-state index in [9.17, 15) is 12.8 Å². The molecule has 0 aliphatic rings. The molecule has 120 valence electrons. The van der Waals surface area contributed by atoms with Gasteiger partial charge < -0.3 is 5.73 Å². The van der Waals surface area contributed by atoms with Gasteiger partial charge in [0.15, 0.2) is 0 Å². The lowest BCUT2D eigenvalue weighted by atomic mass is 10.2. The number of nitrogens with two attached hydrogens (primary N) is 1. The van der Waals surface area contributed by atoms with Crippen molar-refractivity contribution in [1.29, 1.82) is 0 Å². The van der Waals surface area contributed by atoms with Gasteiger partial charge in [0, 0.05) is 19.6 Å². The molecule has 0 saturated heterocycles. The molecule has 1 aromatic rings. The van der Waals surface area contributed by atoms with Crippen LogP contribution >= 0.6 is 0 Å². The molecule has 21 heavy (non-hydrogen) atoms. The minimum atomic E-state index is -3.74. The molecule has 6 heteroatoms. The normalized spacial score (nSPS) is 12.6. The monoisotopic (exact) mass is 316 g/mol. The van der Waals surface area contributed by atoms with E-state index in [1.54, 1.807) is 0 Å². The zero-order chi connectivity index (χ0) is 16.2. The topological polar surface area (TPSA) is 63.4 Å². The molecule has 0 saturated carbocycles. The fourth-order valence-corrected chi connectivity index (χ4v) is 4.17. The lowest BCUT2D eigenvalue weighted by Gasteiger charge is -2.26. The predicted molar refractivity (Wildman–Crippen MR) is 82.7 cm³/mol. The van der Waals surface area contributed by atoms with Crippen molar-refractivity contribution in [3.63, 3.8) is 0 Å².